The van der Waals surface area contributed by atoms with Crippen LogP contribution in [0, 0.1) is 0 Å². The lowest BCUT2D eigenvalue weighted by atomic mass is 10.1. The van der Waals surface area contributed by atoms with Crippen molar-refractivity contribution in [2.75, 3.05) is 0 Å². The molecule has 0 fully saturated rings. The van der Waals surface area contributed by atoms with Gasteiger partial charge in [0.1, 0.15) is 5.69 Å². The first-order valence-corrected chi connectivity index (χ1v) is 5.97. The SMILES string of the molecule is Cl.NC(=O)c1nc(-c2cn[nH]c2)ccc1-c1ccccn1. The van der Waals surface area contributed by atoms with Gasteiger partial charge in [0.25, 0.3) is 5.91 Å². The molecule has 3 aromatic rings. The third-order valence-corrected chi connectivity index (χ3v) is 2.86. The minimum Gasteiger partial charge on any atom is -0.364 e. The number of H-pyrrole nitrogens is 1. The minimum absolute atomic E-state index is 0. The van der Waals surface area contributed by atoms with E-state index in [-0.39, 0.29) is 18.1 Å². The van der Waals surface area contributed by atoms with Crippen molar-refractivity contribution in [2.24, 2.45) is 5.73 Å². The summed E-state index contributed by atoms with van der Waals surface area (Å²) < 4.78 is 0. The number of aromatic nitrogens is 4. The highest BCUT2D eigenvalue weighted by atomic mass is 35.5. The highest BCUT2D eigenvalue weighted by molar-refractivity contribution is 5.98. The van der Waals surface area contributed by atoms with Crippen molar-refractivity contribution in [3.8, 4) is 22.5 Å². The first-order chi connectivity index (χ1) is 9.75. The Bertz CT molecular complexity index is 743. The summed E-state index contributed by atoms with van der Waals surface area (Å²) in [5, 5.41) is 6.56. The quantitative estimate of drug-likeness (QED) is 0.773. The van der Waals surface area contributed by atoms with E-state index in [1.165, 1.54) is 0 Å². The summed E-state index contributed by atoms with van der Waals surface area (Å²) in [7, 11) is 0. The van der Waals surface area contributed by atoms with Gasteiger partial charge >= 0.3 is 0 Å². The van der Waals surface area contributed by atoms with Crippen LogP contribution < -0.4 is 5.73 Å². The molecule has 0 unspecified atom stereocenters. The van der Waals surface area contributed by atoms with Gasteiger partial charge in [-0.2, -0.15) is 5.10 Å². The average Bonchev–Trinajstić information content (AvgIpc) is 3.02. The Hall–Kier alpha value is -2.73. The topological polar surface area (TPSA) is 97.5 Å². The van der Waals surface area contributed by atoms with Gasteiger partial charge in [-0.15, -0.1) is 12.4 Å². The molecule has 0 aliphatic rings. The fraction of sp³-hybridized carbons (Fsp3) is 0. The van der Waals surface area contributed by atoms with Crippen molar-refractivity contribution in [1.29, 1.82) is 0 Å². The van der Waals surface area contributed by atoms with E-state index in [2.05, 4.69) is 20.2 Å². The Morgan fingerprint density at radius 3 is 2.62 bits per heavy atom. The first-order valence-electron chi connectivity index (χ1n) is 5.97. The summed E-state index contributed by atoms with van der Waals surface area (Å²) >= 11 is 0. The van der Waals surface area contributed by atoms with Crippen LogP contribution in [0.15, 0.2) is 48.9 Å². The molecular weight excluding hydrogens is 290 g/mol. The molecular formula is C14H12ClN5O. The number of carbonyl (C=O) groups excluding carboxylic acids is 1. The largest absolute Gasteiger partial charge is 0.364 e. The van der Waals surface area contributed by atoms with E-state index in [0.717, 1.165) is 5.56 Å². The Morgan fingerprint density at radius 1 is 1.14 bits per heavy atom. The van der Waals surface area contributed by atoms with Gasteiger partial charge in [0.2, 0.25) is 0 Å². The van der Waals surface area contributed by atoms with Gasteiger partial charge in [0.05, 0.1) is 17.6 Å². The van der Waals surface area contributed by atoms with E-state index in [9.17, 15) is 4.79 Å². The number of nitrogens with zero attached hydrogens (tertiary/aromatic N) is 3. The number of primary amides is 1. The van der Waals surface area contributed by atoms with E-state index in [4.69, 9.17) is 5.73 Å². The highest BCUT2D eigenvalue weighted by Gasteiger charge is 2.14. The molecule has 7 heteroatoms. The number of hydrogen-bond acceptors (Lipinski definition) is 4. The zero-order valence-corrected chi connectivity index (χ0v) is 11.7. The average molecular weight is 302 g/mol. The van der Waals surface area contributed by atoms with E-state index >= 15 is 0 Å². The maximum absolute atomic E-state index is 11.6. The van der Waals surface area contributed by atoms with Crippen LogP contribution in [0.3, 0.4) is 0 Å². The predicted molar refractivity (Wildman–Crippen MR) is 80.8 cm³/mol. The van der Waals surface area contributed by atoms with Crippen LogP contribution >= 0.6 is 12.4 Å². The number of pyridine rings is 2. The molecule has 3 heterocycles. The maximum Gasteiger partial charge on any atom is 0.268 e. The zero-order valence-electron chi connectivity index (χ0n) is 10.9. The Kier molecular flexibility index (Phi) is 4.30. The minimum atomic E-state index is -0.587. The Labute approximate surface area is 126 Å². The van der Waals surface area contributed by atoms with Crippen molar-refractivity contribution in [1.82, 2.24) is 20.2 Å². The Balaban J connectivity index is 0.00000161. The van der Waals surface area contributed by atoms with Gasteiger partial charge in [0, 0.05) is 23.5 Å². The normalized spacial score (nSPS) is 9.90. The number of aromatic amines is 1. The van der Waals surface area contributed by atoms with Crippen molar-refractivity contribution in [2.45, 2.75) is 0 Å². The van der Waals surface area contributed by atoms with Crippen LogP contribution in [0.1, 0.15) is 10.5 Å². The molecule has 0 radical (unpaired) electrons. The molecule has 0 aliphatic carbocycles. The van der Waals surface area contributed by atoms with Crippen LogP contribution in [-0.4, -0.2) is 26.1 Å². The van der Waals surface area contributed by atoms with Crippen LogP contribution in [0.4, 0.5) is 0 Å². The van der Waals surface area contributed by atoms with Crippen LogP contribution in [0.5, 0.6) is 0 Å². The molecule has 6 nitrogen and oxygen atoms in total. The molecule has 106 valence electrons. The molecule has 1 amide bonds. The van der Waals surface area contributed by atoms with Crippen LogP contribution in [0.2, 0.25) is 0 Å². The number of rotatable bonds is 3. The summed E-state index contributed by atoms with van der Waals surface area (Å²) in [4.78, 5) is 20.2. The van der Waals surface area contributed by atoms with Gasteiger partial charge in [0.15, 0.2) is 0 Å². The van der Waals surface area contributed by atoms with Gasteiger partial charge in [-0.05, 0) is 24.3 Å². The van der Waals surface area contributed by atoms with E-state index in [1.54, 1.807) is 42.9 Å². The van der Waals surface area contributed by atoms with Crippen molar-refractivity contribution in [3.05, 3.63) is 54.6 Å². The number of nitrogens with one attached hydrogen (secondary N) is 1. The molecule has 0 saturated heterocycles. The second-order valence-corrected chi connectivity index (χ2v) is 4.16. The third-order valence-electron chi connectivity index (χ3n) is 2.86. The summed E-state index contributed by atoms with van der Waals surface area (Å²) in [6, 6.07) is 9.05. The fourth-order valence-electron chi connectivity index (χ4n) is 1.93. The highest BCUT2D eigenvalue weighted by Crippen LogP contribution is 2.24. The number of nitrogens with two attached hydrogens (primary N) is 1. The van der Waals surface area contributed by atoms with E-state index in [0.29, 0.717) is 17.0 Å². The lowest BCUT2D eigenvalue weighted by Gasteiger charge is -2.07. The molecule has 0 spiro atoms. The zero-order chi connectivity index (χ0) is 13.9. The maximum atomic E-state index is 11.6. The molecule has 0 bridgehead atoms. The summed E-state index contributed by atoms with van der Waals surface area (Å²) in [6.07, 6.45) is 4.99. The molecule has 0 aliphatic heterocycles. The van der Waals surface area contributed by atoms with Crippen molar-refractivity contribution < 1.29 is 4.79 Å². The number of halogens is 1. The molecule has 0 atom stereocenters. The predicted octanol–water partition coefficient (Wildman–Crippen LogP) is 2.05. The molecule has 3 aromatic heterocycles. The molecule has 3 rings (SSSR count). The summed E-state index contributed by atoms with van der Waals surface area (Å²) in [5.41, 5.74) is 8.32. The van der Waals surface area contributed by atoms with Crippen molar-refractivity contribution >= 4 is 18.3 Å². The van der Waals surface area contributed by atoms with Gasteiger partial charge in [-0.25, -0.2) is 4.98 Å². The number of amides is 1. The Morgan fingerprint density at radius 2 is 2.00 bits per heavy atom. The fourth-order valence-corrected chi connectivity index (χ4v) is 1.93. The lowest BCUT2D eigenvalue weighted by molar-refractivity contribution is 0.0996. The van der Waals surface area contributed by atoms with E-state index < -0.39 is 5.91 Å². The number of carbonyl (C=O) groups is 1. The smallest absolute Gasteiger partial charge is 0.268 e. The van der Waals surface area contributed by atoms with Crippen molar-refractivity contribution in [3.63, 3.8) is 0 Å². The second-order valence-electron chi connectivity index (χ2n) is 4.16. The summed E-state index contributed by atoms with van der Waals surface area (Å²) in [5.74, 6) is -0.587. The lowest BCUT2D eigenvalue weighted by Crippen LogP contribution is -2.15. The third kappa shape index (κ3) is 2.90. The second kappa shape index (κ2) is 6.15. The molecule has 0 aromatic carbocycles. The van der Waals surface area contributed by atoms with E-state index in [1.807, 2.05) is 6.07 Å². The molecule has 0 saturated carbocycles. The summed E-state index contributed by atoms with van der Waals surface area (Å²) in [6.45, 7) is 0. The van der Waals surface area contributed by atoms with Gasteiger partial charge in [-0.1, -0.05) is 6.07 Å². The monoisotopic (exact) mass is 301 g/mol. The molecule has 3 N–H and O–H groups in total. The first kappa shape index (κ1) is 14.7. The van der Waals surface area contributed by atoms with Gasteiger partial charge in [-0.3, -0.25) is 14.9 Å². The van der Waals surface area contributed by atoms with Crippen LogP contribution in [0.25, 0.3) is 22.5 Å². The standard InChI is InChI=1S/C14H11N5O.ClH/c15-14(20)13-10(12-3-1-2-6-16-12)4-5-11(19-13)9-7-17-18-8-9;/h1-8H,(H2,15,20)(H,17,18);1H. The number of hydrogen-bond donors (Lipinski definition) is 2. The van der Waals surface area contributed by atoms with Crippen LogP contribution in [-0.2, 0) is 0 Å². The molecule has 21 heavy (non-hydrogen) atoms. The van der Waals surface area contributed by atoms with Gasteiger partial charge < -0.3 is 5.73 Å².